The first kappa shape index (κ1) is 29.7. The maximum Gasteiger partial charge on any atom is 0.0333 e. The highest BCUT2D eigenvalue weighted by atomic mass is 79.9. The van der Waals surface area contributed by atoms with Crippen molar-refractivity contribution in [3.63, 3.8) is 0 Å². The van der Waals surface area contributed by atoms with E-state index in [0.29, 0.717) is 0 Å². The van der Waals surface area contributed by atoms with Gasteiger partial charge in [-0.3, -0.25) is 0 Å². The van der Waals surface area contributed by atoms with Gasteiger partial charge in [-0.05, 0) is 102 Å². The average molecular weight is 617 g/mol. The molecule has 0 radical (unpaired) electrons. The van der Waals surface area contributed by atoms with Crippen molar-refractivity contribution in [1.82, 2.24) is 0 Å². The zero-order chi connectivity index (χ0) is 25.6. The molecule has 0 aliphatic rings. The highest BCUT2D eigenvalue weighted by Crippen LogP contribution is 2.40. The molecule has 3 aromatic carbocycles. The molecule has 0 unspecified atom stereocenters. The maximum absolute atomic E-state index is 3.98. The minimum Gasteiger partial charge on any atom is -0.0654 e. The maximum atomic E-state index is 3.98. The largest absolute Gasteiger partial charge is 0.0654 e. The van der Waals surface area contributed by atoms with E-state index in [1.165, 1.54) is 157 Å². The molecular formula is C34H48Br2. The fourth-order valence-corrected chi connectivity index (χ4v) is 6.80. The SMILES string of the molecule is CCCCCCCCCCc1ccc2c(Br)c3cc(CCCCCCCCCC)ccc3c(Br)c2c1. The monoisotopic (exact) mass is 614 g/mol. The number of unbranched alkanes of at least 4 members (excludes halogenated alkanes) is 14. The Morgan fingerprint density at radius 2 is 0.750 bits per heavy atom. The molecule has 36 heavy (non-hydrogen) atoms. The minimum absolute atomic E-state index is 1.19. The van der Waals surface area contributed by atoms with E-state index >= 15 is 0 Å². The number of aryl methyl sites for hydroxylation is 2. The Labute approximate surface area is 238 Å². The van der Waals surface area contributed by atoms with Gasteiger partial charge in [-0.25, -0.2) is 0 Å². The molecule has 0 fully saturated rings. The van der Waals surface area contributed by atoms with Crippen LogP contribution in [0, 0.1) is 0 Å². The van der Waals surface area contributed by atoms with E-state index in [1.54, 1.807) is 0 Å². The molecule has 0 aliphatic heterocycles. The molecule has 0 atom stereocenters. The predicted molar refractivity (Wildman–Crippen MR) is 169 cm³/mol. The first-order valence-electron chi connectivity index (χ1n) is 15.0. The van der Waals surface area contributed by atoms with Crippen LogP contribution in [-0.4, -0.2) is 0 Å². The molecule has 0 saturated carbocycles. The molecule has 3 rings (SSSR count). The molecular weight excluding hydrogens is 568 g/mol. The zero-order valence-electron chi connectivity index (χ0n) is 22.9. The Morgan fingerprint density at radius 3 is 1.11 bits per heavy atom. The van der Waals surface area contributed by atoms with E-state index in [1.807, 2.05) is 0 Å². The Kier molecular flexibility index (Phi) is 13.9. The molecule has 0 saturated heterocycles. The van der Waals surface area contributed by atoms with Gasteiger partial charge < -0.3 is 0 Å². The molecule has 0 heterocycles. The summed E-state index contributed by atoms with van der Waals surface area (Å²) < 4.78 is 2.49. The first-order valence-corrected chi connectivity index (χ1v) is 16.6. The number of hydrogen-bond donors (Lipinski definition) is 0. The second kappa shape index (κ2) is 16.9. The molecule has 0 nitrogen and oxygen atoms in total. The van der Waals surface area contributed by atoms with Crippen molar-refractivity contribution in [2.75, 3.05) is 0 Å². The summed E-state index contributed by atoms with van der Waals surface area (Å²) in [5.41, 5.74) is 2.93. The lowest BCUT2D eigenvalue weighted by Gasteiger charge is -2.13. The number of fused-ring (bicyclic) bond motifs is 2. The number of halogens is 2. The lowest BCUT2D eigenvalue weighted by Crippen LogP contribution is -1.91. The second-order valence-corrected chi connectivity index (χ2v) is 12.4. The third-order valence-electron chi connectivity index (χ3n) is 7.75. The van der Waals surface area contributed by atoms with Crippen molar-refractivity contribution in [1.29, 1.82) is 0 Å². The normalized spacial score (nSPS) is 11.7. The Morgan fingerprint density at radius 1 is 0.417 bits per heavy atom. The van der Waals surface area contributed by atoms with Crippen LogP contribution in [0.25, 0.3) is 21.5 Å². The van der Waals surface area contributed by atoms with E-state index in [0.717, 1.165) is 0 Å². The molecule has 198 valence electrons. The van der Waals surface area contributed by atoms with Crippen LogP contribution in [0.1, 0.15) is 128 Å². The smallest absolute Gasteiger partial charge is 0.0333 e. The fraction of sp³-hybridized carbons (Fsp3) is 0.588. The second-order valence-electron chi connectivity index (χ2n) is 10.8. The Bertz CT molecular complexity index is 967. The summed E-state index contributed by atoms with van der Waals surface area (Å²) in [6.45, 7) is 4.58. The number of rotatable bonds is 18. The fourth-order valence-electron chi connectivity index (χ4n) is 5.46. The van der Waals surface area contributed by atoms with Crippen LogP contribution in [0.2, 0.25) is 0 Å². The molecule has 0 N–H and O–H groups in total. The number of hydrogen-bond acceptors (Lipinski definition) is 0. The van der Waals surface area contributed by atoms with E-state index in [2.05, 4.69) is 82.1 Å². The molecule has 0 bridgehead atoms. The Hall–Kier alpha value is -0.860. The van der Waals surface area contributed by atoms with Gasteiger partial charge in [0.2, 0.25) is 0 Å². The summed E-state index contributed by atoms with van der Waals surface area (Å²) in [5, 5.41) is 5.31. The quantitative estimate of drug-likeness (QED) is 0.0985. The van der Waals surface area contributed by atoms with Crippen LogP contribution < -0.4 is 0 Å². The standard InChI is InChI=1S/C34H48Br2/c1-3-5-7-9-11-13-15-17-19-27-21-23-29-31(25-27)33(35)30-24-22-28(26-32(30)34(29)36)20-18-16-14-12-10-8-6-4-2/h21-26H,3-20H2,1-2H3. The molecule has 0 aromatic heterocycles. The first-order chi connectivity index (χ1) is 17.7. The van der Waals surface area contributed by atoms with Crippen LogP contribution in [-0.2, 0) is 12.8 Å². The summed E-state index contributed by atoms with van der Waals surface area (Å²) in [6, 6.07) is 14.2. The zero-order valence-corrected chi connectivity index (χ0v) is 26.1. The van der Waals surface area contributed by atoms with Crippen LogP contribution in [0.5, 0.6) is 0 Å². The van der Waals surface area contributed by atoms with Gasteiger partial charge in [-0.1, -0.05) is 128 Å². The highest BCUT2D eigenvalue weighted by molar-refractivity contribution is 9.11. The van der Waals surface area contributed by atoms with Gasteiger partial charge in [0, 0.05) is 8.95 Å². The van der Waals surface area contributed by atoms with Crippen molar-refractivity contribution in [3.05, 3.63) is 56.5 Å². The summed E-state index contributed by atoms with van der Waals surface area (Å²) in [5.74, 6) is 0. The topological polar surface area (TPSA) is 0 Å². The van der Waals surface area contributed by atoms with Gasteiger partial charge in [-0.15, -0.1) is 0 Å². The van der Waals surface area contributed by atoms with Crippen molar-refractivity contribution >= 4 is 53.4 Å². The average Bonchev–Trinajstić information content (AvgIpc) is 2.90. The van der Waals surface area contributed by atoms with Gasteiger partial charge in [0.1, 0.15) is 0 Å². The Balaban J connectivity index is 1.57. The van der Waals surface area contributed by atoms with Gasteiger partial charge >= 0.3 is 0 Å². The molecule has 0 spiro atoms. The van der Waals surface area contributed by atoms with Gasteiger partial charge in [-0.2, -0.15) is 0 Å². The number of benzene rings is 3. The highest BCUT2D eigenvalue weighted by Gasteiger charge is 2.12. The van der Waals surface area contributed by atoms with Crippen molar-refractivity contribution in [2.45, 2.75) is 129 Å². The van der Waals surface area contributed by atoms with Crippen LogP contribution in [0.4, 0.5) is 0 Å². The summed E-state index contributed by atoms with van der Waals surface area (Å²) in [7, 11) is 0. The van der Waals surface area contributed by atoms with Gasteiger partial charge in [0.05, 0.1) is 0 Å². The van der Waals surface area contributed by atoms with Crippen LogP contribution >= 0.6 is 31.9 Å². The molecule has 2 heteroatoms. The molecule has 0 aliphatic carbocycles. The third kappa shape index (κ3) is 9.16. The molecule has 0 amide bonds. The summed E-state index contributed by atoms with van der Waals surface area (Å²) in [6.07, 6.45) is 24.4. The lowest BCUT2D eigenvalue weighted by atomic mass is 9.97. The van der Waals surface area contributed by atoms with Crippen molar-refractivity contribution in [3.8, 4) is 0 Å². The lowest BCUT2D eigenvalue weighted by molar-refractivity contribution is 0.575. The van der Waals surface area contributed by atoms with E-state index in [-0.39, 0.29) is 0 Å². The van der Waals surface area contributed by atoms with Crippen molar-refractivity contribution in [2.24, 2.45) is 0 Å². The van der Waals surface area contributed by atoms with E-state index < -0.39 is 0 Å². The van der Waals surface area contributed by atoms with Crippen LogP contribution in [0.3, 0.4) is 0 Å². The van der Waals surface area contributed by atoms with Crippen LogP contribution in [0.15, 0.2) is 45.3 Å². The molecule has 3 aromatic rings. The van der Waals surface area contributed by atoms with E-state index in [9.17, 15) is 0 Å². The summed E-state index contributed by atoms with van der Waals surface area (Å²) >= 11 is 7.95. The van der Waals surface area contributed by atoms with E-state index in [4.69, 9.17) is 0 Å². The van der Waals surface area contributed by atoms with Gasteiger partial charge in [0.25, 0.3) is 0 Å². The van der Waals surface area contributed by atoms with Gasteiger partial charge in [0.15, 0.2) is 0 Å². The summed E-state index contributed by atoms with van der Waals surface area (Å²) in [4.78, 5) is 0. The third-order valence-corrected chi connectivity index (χ3v) is 9.46. The minimum atomic E-state index is 1.19. The van der Waals surface area contributed by atoms with Crippen molar-refractivity contribution < 1.29 is 0 Å². The predicted octanol–water partition coefficient (Wildman–Crippen LogP) is 12.9.